The van der Waals surface area contributed by atoms with E-state index < -0.39 is 6.10 Å². The smallest absolute Gasteiger partial charge is 0.122 e. The van der Waals surface area contributed by atoms with Crippen LogP contribution in [0.5, 0.6) is 5.75 Å². The van der Waals surface area contributed by atoms with Gasteiger partial charge < -0.3 is 9.84 Å². The molecule has 0 saturated heterocycles. The lowest BCUT2D eigenvalue weighted by Gasteiger charge is -2.15. The molecule has 0 spiro atoms. The molecule has 0 fully saturated rings. The van der Waals surface area contributed by atoms with Gasteiger partial charge in [-0.2, -0.15) is 0 Å². The van der Waals surface area contributed by atoms with Crippen LogP contribution >= 0.6 is 11.6 Å². The van der Waals surface area contributed by atoms with E-state index in [2.05, 4.69) is 4.98 Å². The molecule has 0 saturated carbocycles. The molecule has 1 atom stereocenters. The van der Waals surface area contributed by atoms with Crippen LogP contribution < -0.4 is 4.74 Å². The van der Waals surface area contributed by atoms with E-state index in [0.29, 0.717) is 10.7 Å². The van der Waals surface area contributed by atoms with Gasteiger partial charge in [-0.25, -0.2) is 0 Å². The number of benzene rings is 2. The third kappa shape index (κ3) is 2.78. The van der Waals surface area contributed by atoms with Gasteiger partial charge in [-0.15, -0.1) is 0 Å². The second-order valence-electron chi connectivity index (χ2n) is 5.19. The van der Waals surface area contributed by atoms with Gasteiger partial charge in [0.1, 0.15) is 11.9 Å². The highest BCUT2D eigenvalue weighted by molar-refractivity contribution is 6.30. The number of halogens is 1. The Morgan fingerprint density at radius 1 is 1.09 bits per heavy atom. The molecule has 1 heterocycles. The number of fused-ring (bicyclic) bond motifs is 1. The summed E-state index contributed by atoms with van der Waals surface area (Å²) in [6, 6.07) is 14.9. The molecule has 3 nitrogen and oxygen atoms in total. The SMILES string of the molecule is COc1ccc2c([C@@H](O)c3ccc(Cl)cc3)nc(C)cc2c1. The van der Waals surface area contributed by atoms with Crippen molar-refractivity contribution >= 4 is 22.4 Å². The number of hydrogen-bond acceptors (Lipinski definition) is 3. The topological polar surface area (TPSA) is 42.4 Å². The number of pyridine rings is 1. The first kappa shape index (κ1) is 14.8. The molecule has 3 aromatic rings. The summed E-state index contributed by atoms with van der Waals surface area (Å²) in [4.78, 5) is 4.53. The third-order valence-electron chi connectivity index (χ3n) is 3.64. The van der Waals surface area contributed by atoms with Crippen LogP contribution in [-0.4, -0.2) is 17.2 Å². The molecule has 0 aliphatic heterocycles. The van der Waals surface area contributed by atoms with Gasteiger partial charge in [0.15, 0.2) is 0 Å². The van der Waals surface area contributed by atoms with Crippen molar-refractivity contribution in [1.82, 2.24) is 4.98 Å². The summed E-state index contributed by atoms with van der Waals surface area (Å²) in [6.45, 7) is 1.91. The normalized spacial score (nSPS) is 12.4. The number of rotatable bonds is 3. The molecule has 0 unspecified atom stereocenters. The van der Waals surface area contributed by atoms with Crippen LogP contribution in [0.1, 0.15) is 23.1 Å². The molecule has 112 valence electrons. The number of aliphatic hydroxyl groups is 1. The van der Waals surface area contributed by atoms with Gasteiger partial charge in [-0.3, -0.25) is 4.98 Å². The van der Waals surface area contributed by atoms with Crippen LogP contribution in [0.25, 0.3) is 10.8 Å². The van der Waals surface area contributed by atoms with Gasteiger partial charge in [0.25, 0.3) is 0 Å². The molecule has 1 aromatic heterocycles. The summed E-state index contributed by atoms with van der Waals surface area (Å²) in [7, 11) is 1.64. The summed E-state index contributed by atoms with van der Waals surface area (Å²) >= 11 is 5.90. The van der Waals surface area contributed by atoms with E-state index in [0.717, 1.165) is 27.8 Å². The van der Waals surface area contributed by atoms with Crippen molar-refractivity contribution in [3.8, 4) is 5.75 Å². The van der Waals surface area contributed by atoms with Crippen LogP contribution in [0.2, 0.25) is 5.02 Å². The van der Waals surface area contributed by atoms with E-state index >= 15 is 0 Å². The monoisotopic (exact) mass is 313 g/mol. The molecule has 0 bridgehead atoms. The van der Waals surface area contributed by atoms with Crippen molar-refractivity contribution in [3.63, 3.8) is 0 Å². The zero-order valence-electron chi connectivity index (χ0n) is 12.4. The van der Waals surface area contributed by atoms with E-state index in [9.17, 15) is 5.11 Å². The van der Waals surface area contributed by atoms with E-state index in [4.69, 9.17) is 16.3 Å². The van der Waals surface area contributed by atoms with Crippen LogP contribution in [0.4, 0.5) is 0 Å². The number of ether oxygens (including phenoxy) is 1. The molecule has 22 heavy (non-hydrogen) atoms. The average molecular weight is 314 g/mol. The molecular formula is C18H16ClNO2. The molecule has 0 radical (unpaired) electrons. The van der Waals surface area contributed by atoms with Crippen LogP contribution in [0.15, 0.2) is 48.5 Å². The number of aromatic nitrogens is 1. The van der Waals surface area contributed by atoms with Crippen LogP contribution in [-0.2, 0) is 0 Å². The Hall–Kier alpha value is -2.10. The Labute approximate surface area is 134 Å². The van der Waals surface area contributed by atoms with Gasteiger partial charge in [0.2, 0.25) is 0 Å². The van der Waals surface area contributed by atoms with Crippen molar-refractivity contribution in [3.05, 3.63) is 70.5 Å². The molecule has 0 aliphatic rings. The lowest BCUT2D eigenvalue weighted by molar-refractivity contribution is 0.217. The highest BCUT2D eigenvalue weighted by Crippen LogP contribution is 2.30. The van der Waals surface area contributed by atoms with E-state index in [1.165, 1.54) is 0 Å². The van der Waals surface area contributed by atoms with E-state index in [1.54, 1.807) is 19.2 Å². The highest BCUT2D eigenvalue weighted by atomic mass is 35.5. The standard InChI is InChI=1S/C18H16ClNO2/c1-11-9-13-10-15(22-2)7-8-16(13)17(20-11)18(21)12-3-5-14(19)6-4-12/h3-10,18,21H,1-2H3/t18-/m0/s1. The summed E-state index contributed by atoms with van der Waals surface area (Å²) in [5, 5.41) is 13.2. The second-order valence-corrected chi connectivity index (χ2v) is 5.63. The first-order chi connectivity index (χ1) is 10.6. The highest BCUT2D eigenvalue weighted by Gasteiger charge is 2.16. The van der Waals surface area contributed by atoms with Gasteiger partial charge in [-0.1, -0.05) is 23.7 Å². The summed E-state index contributed by atoms with van der Waals surface area (Å²) < 4.78 is 5.26. The lowest BCUT2D eigenvalue weighted by atomic mass is 10.00. The fourth-order valence-electron chi connectivity index (χ4n) is 2.54. The Morgan fingerprint density at radius 2 is 1.82 bits per heavy atom. The number of hydrogen-bond donors (Lipinski definition) is 1. The molecule has 3 rings (SSSR count). The van der Waals surface area contributed by atoms with Crippen molar-refractivity contribution in [1.29, 1.82) is 0 Å². The van der Waals surface area contributed by atoms with Gasteiger partial charge >= 0.3 is 0 Å². The lowest BCUT2D eigenvalue weighted by Crippen LogP contribution is -2.04. The molecule has 0 amide bonds. The zero-order chi connectivity index (χ0) is 15.7. The summed E-state index contributed by atoms with van der Waals surface area (Å²) in [5.41, 5.74) is 2.25. The molecule has 2 aromatic carbocycles. The number of methoxy groups -OCH3 is 1. The minimum Gasteiger partial charge on any atom is -0.497 e. The summed E-state index contributed by atoms with van der Waals surface area (Å²) in [5.74, 6) is 0.782. The molecular weight excluding hydrogens is 298 g/mol. The average Bonchev–Trinajstić information content (AvgIpc) is 2.53. The maximum atomic E-state index is 10.7. The number of aryl methyl sites for hydroxylation is 1. The largest absolute Gasteiger partial charge is 0.497 e. The first-order valence-electron chi connectivity index (χ1n) is 6.97. The summed E-state index contributed by atoms with van der Waals surface area (Å²) in [6.07, 6.45) is -0.798. The maximum Gasteiger partial charge on any atom is 0.122 e. The molecule has 1 N–H and O–H groups in total. The molecule has 4 heteroatoms. The third-order valence-corrected chi connectivity index (χ3v) is 3.89. The van der Waals surface area contributed by atoms with Crippen molar-refractivity contribution in [2.75, 3.05) is 7.11 Å². The van der Waals surface area contributed by atoms with Gasteiger partial charge in [-0.05, 0) is 54.3 Å². The molecule has 0 aliphatic carbocycles. The van der Waals surface area contributed by atoms with Crippen LogP contribution in [0.3, 0.4) is 0 Å². The fourth-order valence-corrected chi connectivity index (χ4v) is 2.67. The minimum absolute atomic E-state index is 0.639. The van der Waals surface area contributed by atoms with Crippen molar-refractivity contribution < 1.29 is 9.84 Å². The Kier molecular flexibility index (Phi) is 4.01. The fraction of sp³-hybridized carbons (Fsp3) is 0.167. The number of aliphatic hydroxyl groups excluding tert-OH is 1. The predicted octanol–water partition coefficient (Wildman–Crippen LogP) is 4.29. The minimum atomic E-state index is -0.798. The Bertz CT molecular complexity index is 815. The zero-order valence-corrected chi connectivity index (χ0v) is 13.1. The number of nitrogens with zero attached hydrogens (tertiary/aromatic N) is 1. The van der Waals surface area contributed by atoms with Crippen LogP contribution in [0, 0.1) is 6.92 Å². The van der Waals surface area contributed by atoms with E-state index in [-0.39, 0.29) is 0 Å². The van der Waals surface area contributed by atoms with Crippen molar-refractivity contribution in [2.45, 2.75) is 13.0 Å². The Balaban J connectivity index is 2.14. The van der Waals surface area contributed by atoms with Gasteiger partial charge in [0, 0.05) is 16.1 Å². The first-order valence-corrected chi connectivity index (χ1v) is 7.35. The van der Waals surface area contributed by atoms with E-state index in [1.807, 2.05) is 43.3 Å². The van der Waals surface area contributed by atoms with Crippen molar-refractivity contribution in [2.24, 2.45) is 0 Å². The van der Waals surface area contributed by atoms with Gasteiger partial charge in [0.05, 0.1) is 12.8 Å². The maximum absolute atomic E-state index is 10.7. The Morgan fingerprint density at radius 3 is 2.50 bits per heavy atom. The second kappa shape index (κ2) is 5.95. The quantitative estimate of drug-likeness (QED) is 0.784. The predicted molar refractivity (Wildman–Crippen MR) is 88.5 cm³/mol.